The van der Waals surface area contributed by atoms with Crippen molar-refractivity contribution in [2.45, 2.75) is 0 Å². The molecule has 0 radical (unpaired) electrons. The Morgan fingerprint density at radius 2 is 1.04 bits per heavy atom. The highest BCUT2D eigenvalue weighted by atomic mass is 32.2. The summed E-state index contributed by atoms with van der Waals surface area (Å²) >= 11 is 0. The molecule has 0 spiro atoms. The second-order valence-corrected chi connectivity index (χ2v) is 8.86. The van der Waals surface area contributed by atoms with Gasteiger partial charge in [-0.1, -0.05) is 24.3 Å². The van der Waals surface area contributed by atoms with Gasteiger partial charge in [0.25, 0.3) is 0 Å². The first-order chi connectivity index (χ1) is 11.9. The van der Waals surface area contributed by atoms with E-state index in [4.69, 9.17) is 0 Å². The van der Waals surface area contributed by atoms with E-state index in [0.29, 0.717) is 22.1 Å². The highest BCUT2D eigenvalue weighted by Crippen LogP contribution is 2.29. The van der Waals surface area contributed by atoms with Crippen LogP contribution in [0.25, 0.3) is 10.8 Å². The fraction of sp³-hybridized carbons (Fsp3) is 0.143. The van der Waals surface area contributed by atoms with E-state index in [1.54, 1.807) is 45.8 Å². The van der Waals surface area contributed by atoms with Crippen molar-refractivity contribution in [2.75, 3.05) is 23.1 Å². The van der Waals surface area contributed by atoms with E-state index in [1.165, 1.54) is 0 Å². The molecule has 2 rings (SSSR count). The smallest absolute Gasteiger partial charge is 0.307 e. The van der Waals surface area contributed by atoms with Crippen molar-refractivity contribution < 1.29 is 26.4 Å². The summed E-state index contributed by atoms with van der Waals surface area (Å²) in [5, 5.41) is 5.83. The molecule has 140 valence electrons. The first-order valence-corrected chi connectivity index (χ1v) is 10.8. The molecule has 0 saturated carbocycles. The van der Waals surface area contributed by atoms with Crippen LogP contribution < -0.4 is 20.1 Å². The molecule has 12 heteroatoms. The first-order valence-electron chi connectivity index (χ1n) is 7.04. The van der Waals surface area contributed by atoms with Gasteiger partial charge in [0, 0.05) is 10.8 Å². The van der Waals surface area contributed by atoms with Gasteiger partial charge in [-0.15, -0.1) is 0 Å². The van der Waals surface area contributed by atoms with E-state index in [2.05, 4.69) is 10.6 Å². The third-order valence-electron chi connectivity index (χ3n) is 2.97. The number of nitrogens with one attached hydrogen (secondary N) is 4. The Morgan fingerprint density at radius 1 is 0.692 bits per heavy atom. The van der Waals surface area contributed by atoms with Crippen LogP contribution in [0.5, 0.6) is 0 Å². The summed E-state index contributed by atoms with van der Waals surface area (Å²) in [4.78, 5) is 23.5. The lowest BCUT2D eigenvalue weighted by molar-refractivity contribution is 0.255. The molecule has 0 bridgehead atoms. The van der Waals surface area contributed by atoms with E-state index in [1.807, 2.05) is 0 Å². The fourth-order valence-electron chi connectivity index (χ4n) is 2.16. The lowest BCUT2D eigenvalue weighted by Crippen LogP contribution is -2.33. The number of carbonyl (C=O) groups excluding carboxylic acids is 2. The number of urea groups is 2. The first kappa shape index (κ1) is 19.5. The maximum absolute atomic E-state index is 11.7. The number of fused-ring (bicyclic) bond motifs is 1. The second-order valence-electron chi connectivity index (χ2n) is 5.36. The van der Waals surface area contributed by atoms with Gasteiger partial charge in [-0.25, -0.2) is 35.9 Å². The number of amides is 4. The molecule has 0 aliphatic rings. The predicted molar refractivity (Wildman–Crippen MR) is 97.9 cm³/mol. The van der Waals surface area contributed by atoms with Crippen molar-refractivity contribution >= 4 is 54.3 Å². The fourth-order valence-corrected chi connectivity index (χ4v) is 2.94. The third-order valence-corrected chi connectivity index (χ3v) is 4.09. The van der Waals surface area contributed by atoms with Gasteiger partial charge in [0.2, 0.25) is 20.0 Å². The molecular weight excluding hydrogens is 384 g/mol. The summed E-state index contributed by atoms with van der Waals surface area (Å²) in [5.41, 5.74) is 0.603. The quantitative estimate of drug-likeness (QED) is 0.601. The number of hydrogen-bond acceptors (Lipinski definition) is 6. The number of rotatable bonds is 4. The summed E-state index contributed by atoms with van der Waals surface area (Å²) in [6, 6.07) is 7.67. The Kier molecular flexibility index (Phi) is 5.37. The molecule has 0 fully saturated rings. The van der Waals surface area contributed by atoms with E-state index in [9.17, 15) is 26.4 Å². The Morgan fingerprint density at radius 3 is 1.35 bits per heavy atom. The van der Waals surface area contributed by atoms with E-state index >= 15 is 0 Å². The van der Waals surface area contributed by atoms with Crippen LogP contribution in [0.3, 0.4) is 0 Å². The lowest BCUT2D eigenvalue weighted by Gasteiger charge is -2.13. The highest BCUT2D eigenvalue weighted by Gasteiger charge is 2.13. The molecule has 0 saturated heterocycles. The highest BCUT2D eigenvalue weighted by molar-refractivity contribution is 7.89. The third kappa shape index (κ3) is 5.60. The number of anilines is 2. The number of benzene rings is 2. The topological polar surface area (TPSA) is 151 Å². The molecule has 26 heavy (non-hydrogen) atoms. The van der Waals surface area contributed by atoms with Gasteiger partial charge < -0.3 is 10.6 Å². The van der Waals surface area contributed by atoms with Crippen molar-refractivity contribution in [1.82, 2.24) is 9.44 Å². The molecule has 0 aliphatic carbocycles. The predicted octanol–water partition coefficient (Wildman–Crippen LogP) is 1.00. The number of sulfonamides is 2. The molecule has 10 nitrogen and oxygen atoms in total. The molecule has 0 unspecified atom stereocenters. The normalized spacial score (nSPS) is 11.6. The van der Waals surface area contributed by atoms with Crippen LogP contribution in [0.1, 0.15) is 0 Å². The minimum Gasteiger partial charge on any atom is -0.307 e. The summed E-state index contributed by atoms with van der Waals surface area (Å²) < 4.78 is 48.0. The molecular formula is C14H16N4O6S2. The summed E-state index contributed by atoms with van der Waals surface area (Å²) in [6.07, 6.45) is 1.69. The van der Waals surface area contributed by atoms with Crippen molar-refractivity contribution in [3.8, 4) is 0 Å². The second kappa shape index (κ2) is 7.17. The zero-order valence-electron chi connectivity index (χ0n) is 13.7. The molecule has 4 amide bonds. The standard InChI is InChI=1S/C14H16N4O6S2/c1-25(21,22)17-13(19)15-11-7-3-6-10-9(11)5-4-8-12(10)16-14(20)18-26(2,23)24/h3-8H,1-2H3,(H2,15,17,19)(H2,16,18,20). The van der Waals surface area contributed by atoms with Gasteiger partial charge >= 0.3 is 12.1 Å². The summed E-state index contributed by atoms with van der Waals surface area (Å²) in [6.45, 7) is 0. The Hall–Kier alpha value is -2.86. The molecule has 2 aromatic carbocycles. The minimum absolute atomic E-state index is 0.302. The van der Waals surface area contributed by atoms with E-state index in [0.717, 1.165) is 12.5 Å². The molecule has 0 atom stereocenters. The van der Waals surface area contributed by atoms with Gasteiger partial charge in [0.15, 0.2) is 0 Å². The van der Waals surface area contributed by atoms with Gasteiger partial charge in [-0.2, -0.15) is 0 Å². The van der Waals surface area contributed by atoms with Gasteiger partial charge in [-0.05, 0) is 12.1 Å². The Labute approximate surface area is 150 Å². The van der Waals surface area contributed by atoms with Gasteiger partial charge in [0.1, 0.15) is 0 Å². The molecule has 2 aromatic rings. The number of hydrogen-bond donors (Lipinski definition) is 4. The van der Waals surface area contributed by atoms with Crippen molar-refractivity contribution in [3.05, 3.63) is 36.4 Å². The van der Waals surface area contributed by atoms with Crippen LogP contribution in [0.15, 0.2) is 36.4 Å². The van der Waals surface area contributed by atoms with Crippen LogP contribution in [0, 0.1) is 0 Å². The maximum Gasteiger partial charge on any atom is 0.332 e. The van der Waals surface area contributed by atoms with Crippen LogP contribution in [-0.4, -0.2) is 41.4 Å². The summed E-state index contributed by atoms with van der Waals surface area (Å²) in [5.74, 6) is 0. The maximum atomic E-state index is 11.7. The van der Waals surface area contributed by atoms with Crippen molar-refractivity contribution in [2.24, 2.45) is 0 Å². The van der Waals surface area contributed by atoms with E-state index < -0.39 is 32.1 Å². The SMILES string of the molecule is CS(=O)(=O)NC(=O)Nc1cccc2c(NC(=O)NS(C)(=O)=O)cccc12. The number of carbonyl (C=O) groups is 2. The van der Waals surface area contributed by atoms with Crippen LogP contribution in [0.2, 0.25) is 0 Å². The Bertz CT molecular complexity index is 993. The molecule has 4 N–H and O–H groups in total. The van der Waals surface area contributed by atoms with Crippen molar-refractivity contribution in [1.29, 1.82) is 0 Å². The lowest BCUT2D eigenvalue weighted by atomic mass is 10.1. The average Bonchev–Trinajstić information content (AvgIpc) is 2.44. The molecule has 0 aromatic heterocycles. The monoisotopic (exact) mass is 400 g/mol. The van der Waals surface area contributed by atoms with E-state index in [-0.39, 0.29) is 0 Å². The molecule has 0 heterocycles. The van der Waals surface area contributed by atoms with Gasteiger partial charge in [-0.3, -0.25) is 0 Å². The Balaban J connectivity index is 2.33. The summed E-state index contributed by atoms with van der Waals surface area (Å²) in [7, 11) is -7.44. The largest absolute Gasteiger partial charge is 0.332 e. The van der Waals surface area contributed by atoms with Crippen LogP contribution >= 0.6 is 0 Å². The average molecular weight is 400 g/mol. The zero-order chi connectivity index (χ0) is 19.5. The molecule has 0 aliphatic heterocycles. The zero-order valence-corrected chi connectivity index (χ0v) is 15.4. The van der Waals surface area contributed by atoms with Crippen LogP contribution in [0.4, 0.5) is 21.0 Å². The van der Waals surface area contributed by atoms with Crippen LogP contribution in [-0.2, 0) is 20.0 Å². The van der Waals surface area contributed by atoms with Gasteiger partial charge in [0.05, 0.1) is 23.9 Å². The minimum atomic E-state index is -3.72. The van der Waals surface area contributed by atoms with Crippen molar-refractivity contribution in [3.63, 3.8) is 0 Å².